The smallest absolute Gasteiger partial charge is 0.315 e. The number of allylic oxidation sites excluding steroid dienone is 2. The Morgan fingerprint density at radius 3 is 2.43 bits per heavy atom. The van der Waals surface area contributed by atoms with Gasteiger partial charge in [-0.1, -0.05) is 42.5 Å². The van der Waals surface area contributed by atoms with Crippen LogP contribution in [0, 0.1) is 0 Å². The van der Waals surface area contributed by atoms with Crippen LogP contribution in [-0.4, -0.2) is 29.8 Å². The number of hydrogen-bond donors (Lipinski definition) is 0. The molecule has 124 valence electrons. The number of rotatable bonds is 8. The fourth-order valence-electron chi connectivity index (χ4n) is 2.05. The zero-order valence-electron chi connectivity index (χ0n) is 13.7. The molecule has 0 N–H and O–H groups in total. The van der Waals surface area contributed by atoms with Crippen LogP contribution in [0.2, 0.25) is 0 Å². The van der Waals surface area contributed by atoms with Crippen molar-refractivity contribution in [3.05, 3.63) is 48.0 Å². The summed E-state index contributed by atoms with van der Waals surface area (Å²) in [4.78, 5) is 37.0. The van der Waals surface area contributed by atoms with E-state index in [4.69, 9.17) is 0 Å². The second-order valence-corrected chi connectivity index (χ2v) is 5.07. The first-order chi connectivity index (χ1) is 11.1. The van der Waals surface area contributed by atoms with E-state index in [2.05, 4.69) is 4.74 Å². The Kier molecular flexibility index (Phi) is 8.36. The summed E-state index contributed by atoms with van der Waals surface area (Å²) < 4.78 is 4.51. The molecule has 0 spiro atoms. The minimum atomic E-state index is -0.644. The number of esters is 1. The van der Waals surface area contributed by atoms with Gasteiger partial charge in [0.1, 0.15) is 6.42 Å². The van der Waals surface area contributed by atoms with E-state index in [1.54, 1.807) is 0 Å². The molecule has 0 bridgehead atoms. The minimum Gasteiger partial charge on any atom is -0.469 e. The summed E-state index contributed by atoms with van der Waals surface area (Å²) >= 11 is 0. The zero-order chi connectivity index (χ0) is 17.1. The molecular weight excluding hydrogens is 294 g/mol. The number of unbranched alkanes of at least 4 members (excludes halogenated alkanes) is 1. The van der Waals surface area contributed by atoms with E-state index in [-0.39, 0.29) is 18.9 Å². The number of carbonyl (C=O) groups is 3. The van der Waals surface area contributed by atoms with E-state index < -0.39 is 18.3 Å². The predicted molar refractivity (Wildman–Crippen MR) is 87.3 cm³/mol. The molecule has 1 aromatic carbocycles. The number of nitrogens with zero attached hydrogens (tertiary/aromatic N) is 1. The maximum Gasteiger partial charge on any atom is 0.315 e. The highest BCUT2D eigenvalue weighted by Crippen LogP contribution is 2.10. The Balaban J connectivity index is 2.76. The summed E-state index contributed by atoms with van der Waals surface area (Å²) in [6.45, 7) is 2.09. The van der Waals surface area contributed by atoms with Crippen molar-refractivity contribution in [1.82, 2.24) is 4.90 Å². The third-order valence-electron chi connectivity index (χ3n) is 3.31. The monoisotopic (exact) mass is 317 g/mol. The van der Waals surface area contributed by atoms with Crippen molar-refractivity contribution in [2.24, 2.45) is 0 Å². The van der Waals surface area contributed by atoms with Crippen molar-refractivity contribution < 1.29 is 19.1 Å². The standard InChI is InChI=1S/C18H23NO4/c1-3-4-5-9-12-16(20)19(17(21)13-18(22)23-2)14-15-10-7-6-8-11-15/h3-4,6-8,10-11H,5,9,12-14H2,1-2H3/b4-3+. The number of imide groups is 1. The average molecular weight is 317 g/mol. The van der Waals surface area contributed by atoms with E-state index in [1.807, 2.05) is 49.4 Å². The third-order valence-corrected chi connectivity index (χ3v) is 3.31. The van der Waals surface area contributed by atoms with Crippen molar-refractivity contribution in [1.29, 1.82) is 0 Å². The summed E-state index contributed by atoms with van der Waals surface area (Å²) in [5.41, 5.74) is 0.840. The highest BCUT2D eigenvalue weighted by atomic mass is 16.5. The number of ether oxygens (including phenoxy) is 1. The second-order valence-electron chi connectivity index (χ2n) is 5.07. The largest absolute Gasteiger partial charge is 0.469 e. The molecule has 1 aromatic rings. The van der Waals surface area contributed by atoms with Crippen LogP contribution in [0.1, 0.15) is 38.2 Å². The minimum absolute atomic E-state index is 0.166. The molecule has 0 aliphatic rings. The molecule has 5 heteroatoms. The average Bonchev–Trinajstić information content (AvgIpc) is 2.57. The molecule has 0 heterocycles. The SMILES string of the molecule is C/C=C/CCCC(=O)N(Cc1ccccc1)C(=O)CC(=O)OC. The van der Waals surface area contributed by atoms with Crippen molar-refractivity contribution >= 4 is 17.8 Å². The number of carbonyl (C=O) groups excluding carboxylic acids is 3. The highest BCUT2D eigenvalue weighted by Gasteiger charge is 2.23. The lowest BCUT2D eigenvalue weighted by molar-refractivity contribution is -0.151. The van der Waals surface area contributed by atoms with Crippen molar-refractivity contribution in [2.45, 2.75) is 39.2 Å². The van der Waals surface area contributed by atoms with E-state index in [9.17, 15) is 14.4 Å². The summed E-state index contributed by atoms with van der Waals surface area (Å²) in [5.74, 6) is -1.45. The fraction of sp³-hybridized carbons (Fsp3) is 0.389. The molecule has 0 radical (unpaired) electrons. The summed E-state index contributed by atoms with van der Waals surface area (Å²) in [6, 6.07) is 9.23. The third kappa shape index (κ3) is 6.91. The van der Waals surface area contributed by atoms with Gasteiger partial charge in [-0.05, 0) is 25.3 Å². The van der Waals surface area contributed by atoms with Crippen LogP contribution in [0.25, 0.3) is 0 Å². The first-order valence-electron chi connectivity index (χ1n) is 7.63. The molecule has 2 amide bonds. The fourth-order valence-corrected chi connectivity index (χ4v) is 2.05. The van der Waals surface area contributed by atoms with Gasteiger partial charge in [0.05, 0.1) is 13.7 Å². The van der Waals surface area contributed by atoms with Crippen LogP contribution in [0.3, 0.4) is 0 Å². The molecular formula is C18H23NO4. The zero-order valence-corrected chi connectivity index (χ0v) is 13.7. The molecule has 1 rings (SSSR count). The lowest BCUT2D eigenvalue weighted by Gasteiger charge is -2.20. The summed E-state index contributed by atoms with van der Waals surface area (Å²) in [5, 5.41) is 0. The molecule has 0 saturated carbocycles. The van der Waals surface area contributed by atoms with Crippen LogP contribution in [0.15, 0.2) is 42.5 Å². The molecule has 0 fully saturated rings. The van der Waals surface area contributed by atoms with Gasteiger partial charge in [-0.25, -0.2) is 0 Å². The van der Waals surface area contributed by atoms with Crippen LogP contribution in [0.5, 0.6) is 0 Å². The Hall–Kier alpha value is -2.43. The molecule has 0 aliphatic carbocycles. The molecule has 23 heavy (non-hydrogen) atoms. The highest BCUT2D eigenvalue weighted by molar-refractivity contribution is 6.02. The first kappa shape index (κ1) is 18.6. The molecule has 5 nitrogen and oxygen atoms in total. The molecule has 0 atom stereocenters. The van der Waals surface area contributed by atoms with Gasteiger partial charge < -0.3 is 4.74 Å². The Bertz CT molecular complexity index is 551. The van der Waals surface area contributed by atoms with E-state index in [0.29, 0.717) is 6.42 Å². The maximum atomic E-state index is 12.4. The molecule has 0 aliphatic heterocycles. The topological polar surface area (TPSA) is 63.7 Å². The van der Waals surface area contributed by atoms with E-state index >= 15 is 0 Å². The van der Waals surface area contributed by atoms with Gasteiger partial charge in [0.2, 0.25) is 11.8 Å². The van der Waals surface area contributed by atoms with Gasteiger partial charge in [-0.15, -0.1) is 0 Å². The molecule has 0 saturated heterocycles. The van der Waals surface area contributed by atoms with Crippen LogP contribution >= 0.6 is 0 Å². The van der Waals surface area contributed by atoms with Crippen LogP contribution in [-0.2, 0) is 25.7 Å². The van der Waals surface area contributed by atoms with Gasteiger partial charge in [-0.3, -0.25) is 19.3 Å². The Labute approximate surface area is 136 Å². The van der Waals surface area contributed by atoms with Crippen LogP contribution < -0.4 is 0 Å². The van der Waals surface area contributed by atoms with Gasteiger partial charge in [0.15, 0.2) is 0 Å². The van der Waals surface area contributed by atoms with Gasteiger partial charge in [0.25, 0.3) is 0 Å². The summed E-state index contributed by atoms with van der Waals surface area (Å²) in [6.07, 6.45) is 5.19. The second kappa shape index (κ2) is 10.3. The Morgan fingerprint density at radius 1 is 1.13 bits per heavy atom. The molecule has 0 unspecified atom stereocenters. The van der Waals surface area contributed by atoms with Gasteiger partial charge in [-0.2, -0.15) is 0 Å². The number of hydrogen-bond acceptors (Lipinski definition) is 4. The summed E-state index contributed by atoms with van der Waals surface area (Å²) in [7, 11) is 1.22. The van der Waals surface area contributed by atoms with Crippen LogP contribution in [0.4, 0.5) is 0 Å². The molecule has 0 aromatic heterocycles. The lowest BCUT2D eigenvalue weighted by atomic mass is 10.1. The Morgan fingerprint density at radius 2 is 1.83 bits per heavy atom. The van der Waals surface area contributed by atoms with Crippen molar-refractivity contribution in [2.75, 3.05) is 7.11 Å². The quantitative estimate of drug-likeness (QED) is 0.320. The lowest BCUT2D eigenvalue weighted by Crippen LogP contribution is -2.37. The normalized spacial score (nSPS) is 10.5. The van der Waals surface area contributed by atoms with Crippen molar-refractivity contribution in [3.63, 3.8) is 0 Å². The maximum absolute atomic E-state index is 12.4. The van der Waals surface area contributed by atoms with Gasteiger partial charge in [0, 0.05) is 6.42 Å². The number of methoxy groups -OCH3 is 1. The van der Waals surface area contributed by atoms with Gasteiger partial charge >= 0.3 is 5.97 Å². The first-order valence-corrected chi connectivity index (χ1v) is 7.63. The van der Waals surface area contributed by atoms with E-state index in [1.165, 1.54) is 7.11 Å². The predicted octanol–water partition coefficient (Wildman–Crippen LogP) is 2.85. The number of benzene rings is 1. The number of amides is 2. The van der Waals surface area contributed by atoms with E-state index in [0.717, 1.165) is 16.9 Å². The van der Waals surface area contributed by atoms with Crippen molar-refractivity contribution in [3.8, 4) is 0 Å².